The van der Waals surface area contributed by atoms with E-state index in [1.165, 1.54) is 0 Å². The van der Waals surface area contributed by atoms with Crippen LogP contribution < -0.4 is 5.32 Å². The number of carbonyl (C=O) groups excluding carboxylic acids is 2. The highest BCUT2D eigenvalue weighted by atomic mass is 35.5. The van der Waals surface area contributed by atoms with Crippen molar-refractivity contribution >= 4 is 29.4 Å². The van der Waals surface area contributed by atoms with Crippen LogP contribution in [0.15, 0.2) is 0 Å². The first-order valence-electron chi connectivity index (χ1n) is 5.44. The first-order chi connectivity index (χ1) is 8.18. The number of hydrogen-bond acceptors (Lipinski definition) is 4. The minimum Gasteiger partial charge on any atom is -0.480 e. The molecule has 0 saturated heterocycles. The number of aliphatic carboxylic acids is 1. The normalized spacial score (nSPS) is 12.7. The highest BCUT2D eigenvalue weighted by Gasteiger charge is 2.29. The van der Waals surface area contributed by atoms with Crippen LogP contribution in [-0.2, 0) is 14.3 Å². The van der Waals surface area contributed by atoms with Crippen molar-refractivity contribution in [3.05, 3.63) is 0 Å². The Kier molecular flexibility index (Phi) is 6.68. The van der Waals surface area contributed by atoms with Gasteiger partial charge in [-0.1, -0.05) is 20.8 Å². The number of carbonyl (C=O) groups is 3. The molecule has 6 nitrogen and oxygen atoms in total. The number of alkyl carbamates (subject to hydrolysis) is 1. The number of alkyl halides is 1. The highest BCUT2D eigenvalue weighted by molar-refractivity contribution is 6.18. The quantitative estimate of drug-likeness (QED) is 0.717. The maximum absolute atomic E-state index is 11.7. The maximum Gasteiger partial charge on any atom is 0.407 e. The van der Waals surface area contributed by atoms with Crippen molar-refractivity contribution in [1.82, 2.24) is 5.32 Å². The van der Waals surface area contributed by atoms with Gasteiger partial charge in [0.15, 0.2) is 0 Å². The van der Waals surface area contributed by atoms with Gasteiger partial charge in [0.1, 0.15) is 18.4 Å². The van der Waals surface area contributed by atoms with Gasteiger partial charge in [-0.2, -0.15) is 0 Å². The van der Waals surface area contributed by atoms with Gasteiger partial charge < -0.3 is 15.2 Å². The van der Waals surface area contributed by atoms with Crippen molar-refractivity contribution in [1.29, 1.82) is 0 Å². The fourth-order valence-corrected chi connectivity index (χ4v) is 1.08. The first-order valence-corrected chi connectivity index (χ1v) is 5.97. The Morgan fingerprint density at radius 1 is 1.33 bits per heavy atom. The Morgan fingerprint density at radius 3 is 2.28 bits per heavy atom. The van der Waals surface area contributed by atoms with Gasteiger partial charge in [0, 0.05) is 11.8 Å². The molecule has 0 aromatic heterocycles. The molecule has 2 N–H and O–H groups in total. The summed E-state index contributed by atoms with van der Waals surface area (Å²) < 4.78 is 4.58. The van der Waals surface area contributed by atoms with Crippen molar-refractivity contribution in [2.75, 3.05) is 12.5 Å². The second kappa shape index (κ2) is 7.20. The molecule has 0 bridgehead atoms. The van der Waals surface area contributed by atoms with Gasteiger partial charge in [-0.15, -0.1) is 11.6 Å². The molecule has 0 saturated carbocycles. The van der Waals surface area contributed by atoms with E-state index in [0.29, 0.717) is 0 Å². The maximum atomic E-state index is 11.7. The van der Waals surface area contributed by atoms with Crippen molar-refractivity contribution < 1.29 is 24.2 Å². The predicted molar refractivity (Wildman–Crippen MR) is 65.7 cm³/mol. The third-order valence-corrected chi connectivity index (χ3v) is 2.28. The van der Waals surface area contributed by atoms with Crippen LogP contribution in [0.1, 0.15) is 27.2 Å². The standard InChI is InChI=1S/C11H18ClNO5/c1-11(2,3)8(14)6-7(9(15)16)13-10(17)18-5-4-12/h7H,4-6H2,1-3H3,(H,13,17)(H,15,16). The molecule has 18 heavy (non-hydrogen) atoms. The average molecular weight is 280 g/mol. The number of carboxylic acid groups (broad SMARTS) is 1. The van der Waals surface area contributed by atoms with Crippen LogP contribution in [0.25, 0.3) is 0 Å². The van der Waals surface area contributed by atoms with Crippen molar-refractivity contribution in [3.63, 3.8) is 0 Å². The van der Waals surface area contributed by atoms with Crippen molar-refractivity contribution in [3.8, 4) is 0 Å². The highest BCUT2D eigenvalue weighted by Crippen LogP contribution is 2.17. The van der Waals surface area contributed by atoms with Gasteiger partial charge in [0.25, 0.3) is 0 Å². The Labute approximate surface area is 111 Å². The molecule has 1 amide bonds. The monoisotopic (exact) mass is 279 g/mol. The third kappa shape index (κ3) is 6.44. The zero-order valence-corrected chi connectivity index (χ0v) is 11.4. The minimum atomic E-state index is -1.29. The van der Waals surface area contributed by atoms with Crippen molar-refractivity contribution in [2.45, 2.75) is 33.2 Å². The number of ketones is 1. The van der Waals surface area contributed by atoms with E-state index >= 15 is 0 Å². The largest absolute Gasteiger partial charge is 0.480 e. The Balaban J connectivity index is 4.46. The van der Waals surface area contributed by atoms with Crippen LogP contribution in [0.5, 0.6) is 0 Å². The molecule has 0 aromatic rings. The van der Waals surface area contributed by atoms with Crippen LogP contribution >= 0.6 is 11.6 Å². The zero-order valence-electron chi connectivity index (χ0n) is 10.7. The van der Waals surface area contributed by atoms with E-state index in [-0.39, 0.29) is 24.7 Å². The van der Waals surface area contributed by atoms with E-state index in [4.69, 9.17) is 16.7 Å². The molecular weight excluding hydrogens is 262 g/mol. The van der Waals surface area contributed by atoms with Gasteiger partial charge in [-0.25, -0.2) is 9.59 Å². The second-order valence-electron chi connectivity index (χ2n) is 4.74. The first kappa shape index (κ1) is 16.7. The molecule has 0 spiro atoms. The molecule has 0 aliphatic rings. The zero-order chi connectivity index (χ0) is 14.3. The summed E-state index contributed by atoms with van der Waals surface area (Å²) in [5.74, 6) is -1.42. The molecule has 0 aliphatic heterocycles. The number of amides is 1. The fraction of sp³-hybridized carbons (Fsp3) is 0.727. The lowest BCUT2D eigenvalue weighted by atomic mass is 9.87. The van der Waals surface area contributed by atoms with Gasteiger partial charge in [-0.3, -0.25) is 4.79 Å². The third-order valence-electron chi connectivity index (χ3n) is 2.13. The van der Waals surface area contributed by atoms with E-state index in [1.807, 2.05) is 0 Å². The number of Topliss-reactive ketones (excluding diaryl/α,β-unsaturated/α-hetero) is 1. The number of carboxylic acids is 1. The summed E-state index contributed by atoms with van der Waals surface area (Å²) in [5.41, 5.74) is -0.657. The lowest BCUT2D eigenvalue weighted by molar-refractivity contribution is -0.142. The van der Waals surface area contributed by atoms with E-state index in [0.717, 1.165) is 0 Å². The lowest BCUT2D eigenvalue weighted by Crippen LogP contribution is -2.44. The lowest BCUT2D eigenvalue weighted by Gasteiger charge is -2.20. The van der Waals surface area contributed by atoms with Crippen LogP contribution in [-0.4, -0.2) is 41.5 Å². The number of nitrogens with one attached hydrogen (secondary N) is 1. The molecule has 1 atom stereocenters. The van der Waals surface area contributed by atoms with E-state index < -0.39 is 23.5 Å². The molecule has 0 aromatic carbocycles. The molecule has 0 aliphatic carbocycles. The molecule has 0 fully saturated rings. The molecule has 1 unspecified atom stereocenters. The summed E-state index contributed by atoms with van der Waals surface area (Å²) >= 11 is 5.31. The number of halogens is 1. The summed E-state index contributed by atoms with van der Waals surface area (Å²) in [7, 11) is 0. The molecule has 0 rings (SSSR count). The SMILES string of the molecule is CC(C)(C)C(=O)CC(NC(=O)OCCCl)C(=O)O. The summed E-state index contributed by atoms with van der Waals surface area (Å²) in [6, 6.07) is -1.29. The van der Waals surface area contributed by atoms with E-state index in [1.54, 1.807) is 20.8 Å². The Hall–Kier alpha value is -1.30. The Morgan fingerprint density at radius 2 is 1.89 bits per heavy atom. The smallest absolute Gasteiger partial charge is 0.407 e. The summed E-state index contributed by atoms with van der Waals surface area (Å²) in [6.45, 7) is 5.02. The van der Waals surface area contributed by atoms with Crippen LogP contribution in [0.4, 0.5) is 4.79 Å². The van der Waals surface area contributed by atoms with Crippen molar-refractivity contribution in [2.24, 2.45) is 5.41 Å². The summed E-state index contributed by atoms with van der Waals surface area (Å²) in [4.78, 5) is 33.8. The molecule has 7 heteroatoms. The topological polar surface area (TPSA) is 92.7 Å². The molecule has 104 valence electrons. The van der Waals surface area contributed by atoms with Crippen LogP contribution in [0.2, 0.25) is 0 Å². The average Bonchev–Trinajstić information content (AvgIpc) is 2.23. The van der Waals surface area contributed by atoms with E-state index in [2.05, 4.69) is 10.1 Å². The van der Waals surface area contributed by atoms with Gasteiger partial charge in [0.2, 0.25) is 0 Å². The molecule has 0 radical (unpaired) electrons. The molecular formula is C11H18ClNO5. The number of rotatable bonds is 6. The minimum absolute atomic E-state index is 0.0209. The van der Waals surface area contributed by atoms with Gasteiger partial charge in [0.05, 0.1) is 5.88 Å². The predicted octanol–water partition coefficient (Wildman–Crippen LogP) is 1.41. The Bertz CT molecular complexity index is 324. The van der Waals surface area contributed by atoms with E-state index in [9.17, 15) is 14.4 Å². The summed E-state index contributed by atoms with van der Waals surface area (Å²) in [6.07, 6.45) is -1.18. The number of hydrogen-bond donors (Lipinski definition) is 2. The second-order valence-corrected chi connectivity index (χ2v) is 5.12. The van der Waals surface area contributed by atoms with Crippen LogP contribution in [0.3, 0.4) is 0 Å². The van der Waals surface area contributed by atoms with Gasteiger partial charge >= 0.3 is 12.1 Å². The van der Waals surface area contributed by atoms with Crippen LogP contribution in [0, 0.1) is 5.41 Å². The summed E-state index contributed by atoms with van der Waals surface area (Å²) in [5, 5.41) is 11.0. The fourth-order valence-electron chi connectivity index (χ4n) is 1.01. The number of ether oxygens (including phenoxy) is 1. The van der Waals surface area contributed by atoms with Gasteiger partial charge in [-0.05, 0) is 0 Å². The molecule has 0 heterocycles.